The quantitative estimate of drug-likeness (QED) is 0.610. The van der Waals surface area contributed by atoms with Gasteiger partial charge in [-0.25, -0.2) is 4.39 Å². The fourth-order valence-corrected chi connectivity index (χ4v) is 4.24. The van der Waals surface area contributed by atoms with Crippen molar-refractivity contribution < 1.29 is 18.7 Å². The van der Waals surface area contributed by atoms with Crippen molar-refractivity contribution in [3.8, 4) is 5.75 Å². The first-order valence-electron chi connectivity index (χ1n) is 11.3. The number of oxime groups is 1. The summed E-state index contributed by atoms with van der Waals surface area (Å²) in [7, 11) is 1.61. The smallest absolute Gasteiger partial charge is 0.234 e. The molecule has 2 aliphatic rings. The molecule has 0 aromatic heterocycles. The summed E-state index contributed by atoms with van der Waals surface area (Å²) in [5.41, 5.74) is 7.54. The minimum absolute atomic E-state index is 0.302. The van der Waals surface area contributed by atoms with Gasteiger partial charge in [-0.05, 0) is 56.7 Å². The standard InChI is InChI=1S/C27H31FN4O3/c1-7-31(16-18(2)29)22-13-8-19(14-23(22)33-6)15-24-25-30-35-27(5,20-9-11-21(28)12-10-20)32(25)17-26(3,4)34-24/h7-16H,1,17,29H2,2-6H3/b18-16-,24-15-. The van der Waals surface area contributed by atoms with E-state index in [9.17, 15) is 4.39 Å². The highest BCUT2D eigenvalue weighted by atomic mass is 19.1. The first-order chi connectivity index (χ1) is 16.6. The molecule has 2 aliphatic heterocycles. The number of allylic oxidation sites excluding steroid dienone is 1. The van der Waals surface area contributed by atoms with Crippen LogP contribution in [0.4, 0.5) is 10.1 Å². The summed E-state index contributed by atoms with van der Waals surface area (Å²) in [6.45, 7) is 12.1. The Bertz CT molecular complexity index is 1220. The molecule has 2 heterocycles. The number of benzene rings is 2. The molecule has 0 radical (unpaired) electrons. The third kappa shape index (κ3) is 4.69. The molecule has 1 unspecified atom stereocenters. The van der Waals surface area contributed by atoms with E-state index in [1.807, 2.05) is 45.0 Å². The van der Waals surface area contributed by atoms with Crippen molar-refractivity contribution in [1.82, 2.24) is 4.90 Å². The van der Waals surface area contributed by atoms with Crippen LogP contribution in [0.25, 0.3) is 6.08 Å². The van der Waals surface area contributed by atoms with Gasteiger partial charge in [-0.2, -0.15) is 0 Å². The molecule has 8 heteroatoms. The molecule has 0 amide bonds. The molecule has 2 aromatic rings. The number of nitrogens with two attached hydrogens (primary N) is 1. The number of methoxy groups -OCH3 is 1. The second-order valence-corrected chi connectivity index (χ2v) is 9.35. The van der Waals surface area contributed by atoms with Crippen LogP contribution in [0.2, 0.25) is 0 Å². The Kier molecular flexibility index (Phi) is 6.23. The predicted molar refractivity (Wildman–Crippen MR) is 136 cm³/mol. The van der Waals surface area contributed by atoms with Crippen LogP contribution in [-0.4, -0.2) is 30.0 Å². The number of ether oxygens (including phenoxy) is 2. The second kappa shape index (κ2) is 9.02. The normalized spacial score (nSPS) is 22.1. The van der Waals surface area contributed by atoms with Gasteiger partial charge in [-0.15, -0.1) is 0 Å². The number of rotatable bonds is 6. The predicted octanol–water partition coefficient (Wildman–Crippen LogP) is 5.27. The summed E-state index contributed by atoms with van der Waals surface area (Å²) >= 11 is 0. The molecule has 0 bridgehead atoms. The maximum absolute atomic E-state index is 13.5. The Balaban J connectivity index is 1.71. The van der Waals surface area contributed by atoms with Crippen molar-refractivity contribution in [2.24, 2.45) is 10.9 Å². The monoisotopic (exact) mass is 478 g/mol. The summed E-state index contributed by atoms with van der Waals surface area (Å²) in [5, 5.41) is 4.37. The fourth-order valence-electron chi connectivity index (χ4n) is 4.24. The molecule has 0 spiro atoms. The van der Waals surface area contributed by atoms with Crippen LogP contribution in [-0.2, 0) is 15.3 Å². The Morgan fingerprint density at radius 2 is 1.94 bits per heavy atom. The van der Waals surface area contributed by atoms with Gasteiger partial charge in [0.1, 0.15) is 17.2 Å². The van der Waals surface area contributed by atoms with E-state index >= 15 is 0 Å². The molecule has 35 heavy (non-hydrogen) atoms. The van der Waals surface area contributed by atoms with Gasteiger partial charge in [0.05, 0.1) is 19.3 Å². The van der Waals surface area contributed by atoms with Crippen LogP contribution in [0.3, 0.4) is 0 Å². The van der Waals surface area contributed by atoms with Crippen LogP contribution in [0, 0.1) is 5.82 Å². The molecule has 1 fully saturated rings. The zero-order valence-corrected chi connectivity index (χ0v) is 20.7. The highest BCUT2D eigenvalue weighted by Crippen LogP contribution is 2.42. The molecule has 184 valence electrons. The second-order valence-electron chi connectivity index (χ2n) is 9.35. The first-order valence-corrected chi connectivity index (χ1v) is 11.3. The molecule has 1 atom stereocenters. The lowest BCUT2D eigenvalue weighted by atomic mass is 9.97. The van der Waals surface area contributed by atoms with E-state index in [2.05, 4.69) is 16.6 Å². The summed E-state index contributed by atoms with van der Waals surface area (Å²) in [6.07, 6.45) is 5.34. The van der Waals surface area contributed by atoms with E-state index in [0.717, 1.165) is 16.8 Å². The summed E-state index contributed by atoms with van der Waals surface area (Å²) in [5.74, 6) is 1.49. The molecule has 0 aliphatic carbocycles. The van der Waals surface area contributed by atoms with Crippen LogP contribution in [0.5, 0.6) is 5.75 Å². The SMILES string of the molecule is C=CN(/C=C(/C)N)c1ccc(/C=C2\OC(C)(C)CN3C2=NOC3(C)c2ccc(F)cc2)cc1OC. The molecule has 4 rings (SSSR count). The largest absolute Gasteiger partial charge is 0.495 e. The molecular formula is C27H31FN4O3. The van der Waals surface area contributed by atoms with Gasteiger partial charge in [0, 0.05) is 30.6 Å². The summed E-state index contributed by atoms with van der Waals surface area (Å²) in [6, 6.07) is 12.1. The Morgan fingerprint density at radius 3 is 2.57 bits per heavy atom. The zero-order chi connectivity index (χ0) is 25.4. The Morgan fingerprint density at radius 1 is 1.23 bits per heavy atom. The van der Waals surface area contributed by atoms with Crippen molar-refractivity contribution >= 4 is 17.6 Å². The van der Waals surface area contributed by atoms with Gasteiger partial charge in [-0.3, -0.25) is 0 Å². The van der Waals surface area contributed by atoms with Crippen molar-refractivity contribution in [2.75, 3.05) is 18.6 Å². The maximum Gasteiger partial charge on any atom is 0.234 e. The van der Waals surface area contributed by atoms with Crippen LogP contribution >= 0.6 is 0 Å². The zero-order valence-electron chi connectivity index (χ0n) is 20.7. The van der Waals surface area contributed by atoms with Gasteiger partial charge < -0.3 is 29.8 Å². The lowest BCUT2D eigenvalue weighted by Crippen LogP contribution is -2.55. The average Bonchev–Trinajstić information content (AvgIpc) is 3.14. The van der Waals surface area contributed by atoms with Crippen molar-refractivity contribution in [2.45, 2.75) is 39.0 Å². The molecule has 7 nitrogen and oxygen atoms in total. The lowest BCUT2D eigenvalue weighted by molar-refractivity contribution is -0.118. The summed E-state index contributed by atoms with van der Waals surface area (Å²) < 4.78 is 25.5. The lowest BCUT2D eigenvalue weighted by Gasteiger charge is -2.44. The number of hydrogen-bond acceptors (Lipinski definition) is 7. The number of fused-ring (bicyclic) bond motifs is 1. The van der Waals surface area contributed by atoms with E-state index in [1.54, 1.807) is 43.5 Å². The van der Waals surface area contributed by atoms with Crippen LogP contribution in [0.15, 0.2) is 78.1 Å². The third-order valence-corrected chi connectivity index (χ3v) is 5.93. The van der Waals surface area contributed by atoms with Crippen molar-refractivity contribution in [3.05, 3.63) is 89.8 Å². The van der Waals surface area contributed by atoms with Crippen LogP contribution < -0.4 is 15.4 Å². The van der Waals surface area contributed by atoms with Gasteiger partial charge >= 0.3 is 0 Å². The van der Waals surface area contributed by atoms with E-state index in [4.69, 9.17) is 20.0 Å². The van der Waals surface area contributed by atoms with Crippen LogP contribution in [0.1, 0.15) is 38.8 Å². The van der Waals surface area contributed by atoms with Crippen molar-refractivity contribution in [1.29, 1.82) is 0 Å². The van der Waals surface area contributed by atoms with E-state index < -0.39 is 11.3 Å². The van der Waals surface area contributed by atoms with E-state index in [1.165, 1.54) is 12.1 Å². The first kappa shape index (κ1) is 24.2. The molecule has 1 saturated heterocycles. The molecule has 2 N–H and O–H groups in total. The molecular weight excluding hydrogens is 447 g/mol. The Hall–Kier alpha value is -3.94. The Labute approximate surface area is 205 Å². The van der Waals surface area contributed by atoms with Gasteiger partial charge in [-0.1, -0.05) is 29.9 Å². The minimum atomic E-state index is -0.887. The number of anilines is 1. The van der Waals surface area contributed by atoms with Gasteiger partial charge in [0.2, 0.25) is 11.6 Å². The maximum atomic E-state index is 13.5. The van der Waals surface area contributed by atoms with Gasteiger partial charge in [0.15, 0.2) is 5.76 Å². The average molecular weight is 479 g/mol. The van der Waals surface area contributed by atoms with E-state index in [0.29, 0.717) is 29.6 Å². The number of hydrogen-bond donors (Lipinski definition) is 1. The van der Waals surface area contributed by atoms with Crippen molar-refractivity contribution in [3.63, 3.8) is 0 Å². The number of amidine groups is 1. The summed E-state index contributed by atoms with van der Waals surface area (Å²) in [4.78, 5) is 9.78. The molecule has 2 aromatic carbocycles. The minimum Gasteiger partial charge on any atom is -0.495 e. The third-order valence-electron chi connectivity index (χ3n) is 5.93. The number of halogens is 1. The van der Waals surface area contributed by atoms with Gasteiger partial charge in [0.25, 0.3) is 0 Å². The van der Waals surface area contributed by atoms with E-state index in [-0.39, 0.29) is 5.82 Å². The fraction of sp³-hybridized carbons (Fsp3) is 0.296. The number of nitrogens with zero attached hydrogens (tertiary/aromatic N) is 3. The highest BCUT2D eigenvalue weighted by Gasteiger charge is 2.50. The topological polar surface area (TPSA) is 72.5 Å². The number of morpholine rings is 1. The highest BCUT2D eigenvalue weighted by molar-refractivity contribution is 6.02. The molecule has 0 saturated carbocycles.